The first-order valence-corrected chi connectivity index (χ1v) is 30.3. The second kappa shape index (κ2) is 57.6. The highest BCUT2D eigenvalue weighted by molar-refractivity contribution is 5.71. The summed E-state index contributed by atoms with van der Waals surface area (Å²) in [4.78, 5) is 37.4. The number of carbonyl (C=O) groups is 3. The highest BCUT2D eigenvalue weighted by Crippen LogP contribution is 2.14. The van der Waals surface area contributed by atoms with Crippen LogP contribution in [0.3, 0.4) is 0 Å². The normalized spacial score (nSPS) is 13.7. The first kappa shape index (κ1) is 72.4. The standard InChI is InChI=1S/C68H111NO8/c1-6-8-10-12-14-16-18-20-22-24-26-27-28-29-30-31-32-33-34-35-36-37-38-39-41-43-45-47-49-51-53-55-57-59-66(71)77-64(63-76-68(67(72)73)74-61-60-69(3,4)5)62-75-65(70)58-56-54-52-50-48-46-44-42-40-25-23-21-19-17-15-13-11-9-7-2/h8,10,14,16,20-23,26-27,29-30,32-33,35-36,38-39,43,45,49,51,64,68H,6-7,9,11-13,15,17-19,24-25,28,31,34,37,40-42,44,46-48,50,52-63H2,1-5H3/p+1/b10-8-,16-14-,22-20-,23-21-,27-26-,30-29-,33-32-,36-35-,39-38-,45-43-,51-49-. The number of aliphatic carboxylic acids is 1. The monoisotopic (exact) mass is 1070 g/mol. The van der Waals surface area contributed by atoms with Gasteiger partial charge in [-0.05, 0) is 116 Å². The van der Waals surface area contributed by atoms with Gasteiger partial charge in [0.1, 0.15) is 13.2 Å². The fraction of sp³-hybridized carbons (Fsp3) is 0.632. The van der Waals surface area contributed by atoms with E-state index in [1.807, 2.05) is 21.1 Å². The molecule has 2 atom stereocenters. The van der Waals surface area contributed by atoms with Gasteiger partial charge in [-0.15, -0.1) is 0 Å². The molecule has 0 aromatic carbocycles. The minimum absolute atomic E-state index is 0.172. The minimum atomic E-state index is -1.53. The summed E-state index contributed by atoms with van der Waals surface area (Å²) in [5.41, 5.74) is 0. The maximum Gasteiger partial charge on any atom is 0.361 e. The maximum absolute atomic E-state index is 12.9. The molecule has 0 aromatic rings. The number of allylic oxidation sites excluding steroid dienone is 22. The lowest BCUT2D eigenvalue weighted by Crippen LogP contribution is -2.40. The largest absolute Gasteiger partial charge is 0.477 e. The topological polar surface area (TPSA) is 108 Å². The van der Waals surface area contributed by atoms with Gasteiger partial charge in [0.05, 0.1) is 34.4 Å². The van der Waals surface area contributed by atoms with Crippen molar-refractivity contribution in [2.45, 2.75) is 232 Å². The van der Waals surface area contributed by atoms with Crippen LogP contribution >= 0.6 is 0 Å². The summed E-state index contributed by atoms with van der Waals surface area (Å²) in [6, 6.07) is 0. The Kier molecular flexibility index (Phi) is 54.2. The second-order valence-corrected chi connectivity index (χ2v) is 20.9. The van der Waals surface area contributed by atoms with Gasteiger partial charge in [0.2, 0.25) is 0 Å². The third-order valence-corrected chi connectivity index (χ3v) is 12.4. The Labute approximate surface area is 471 Å². The van der Waals surface area contributed by atoms with E-state index in [2.05, 4.69) is 148 Å². The van der Waals surface area contributed by atoms with Crippen LogP contribution in [-0.2, 0) is 33.3 Å². The van der Waals surface area contributed by atoms with Crippen molar-refractivity contribution in [3.8, 4) is 0 Å². The van der Waals surface area contributed by atoms with Crippen molar-refractivity contribution in [1.29, 1.82) is 0 Å². The number of ether oxygens (including phenoxy) is 4. The number of nitrogens with zero attached hydrogens (tertiary/aromatic N) is 1. The molecule has 0 aliphatic heterocycles. The Hall–Kier alpha value is -4.57. The Balaban J connectivity index is 4.36. The van der Waals surface area contributed by atoms with E-state index in [1.54, 1.807) is 0 Å². The summed E-state index contributed by atoms with van der Waals surface area (Å²) in [5.74, 6) is -2.08. The summed E-state index contributed by atoms with van der Waals surface area (Å²) in [6.07, 6.45) is 79.6. The predicted molar refractivity (Wildman–Crippen MR) is 327 cm³/mol. The van der Waals surface area contributed by atoms with Crippen LogP contribution in [0.4, 0.5) is 0 Å². The van der Waals surface area contributed by atoms with Crippen LogP contribution < -0.4 is 0 Å². The molecule has 0 aliphatic rings. The first-order chi connectivity index (χ1) is 37.6. The molecule has 436 valence electrons. The number of rotatable bonds is 54. The van der Waals surface area contributed by atoms with E-state index in [-0.39, 0.29) is 38.6 Å². The molecule has 1 N–H and O–H groups in total. The third-order valence-electron chi connectivity index (χ3n) is 12.4. The van der Waals surface area contributed by atoms with Gasteiger partial charge in [-0.25, -0.2) is 4.79 Å². The van der Waals surface area contributed by atoms with Crippen LogP contribution in [0.25, 0.3) is 0 Å². The second-order valence-electron chi connectivity index (χ2n) is 20.9. The number of hydrogen-bond acceptors (Lipinski definition) is 7. The molecule has 0 aromatic heterocycles. The molecule has 77 heavy (non-hydrogen) atoms. The quantitative estimate of drug-likeness (QED) is 0.0211. The van der Waals surface area contributed by atoms with E-state index in [1.165, 1.54) is 89.9 Å². The van der Waals surface area contributed by atoms with Crippen molar-refractivity contribution >= 4 is 17.9 Å². The Morgan fingerprint density at radius 3 is 1.14 bits per heavy atom. The molecule has 0 radical (unpaired) electrons. The fourth-order valence-corrected chi connectivity index (χ4v) is 7.74. The molecule has 9 heteroatoms. The van der Waals surface area contributed by atoms with E-state index in [4.69, 9.17) is 18.9 Å². The Morgan fingerprint density at radius 2 is 0.740 bits per heavy atom. The number of quaternary nitrogens is 1. The zero-order valence-electron chi connectivity index (χ0n) is 49.6. The van der Waals surface area contributed by atoms with Gasteiger partial charge in [-0.2, -0.15) is 0 Å². The summed E-state index contributed by atoms with van der Waals surface area (Å²) in [6.45, 7) is 4.69. The average Bonchev–Trinajstić information content (AvgIpc) is 3.40. The smallest absolute Gasteiger partial charge is 0.361 e. The fourth-order valence-electron chi connectivity index (χ4n) is 7.74. The van der Waals surface area contributed by atoms with Crippen molar-refractivity contribution in [3.05, 3.63) is 134 Å². The number of carbonyl (C=O) groups excluding carboxylic acids is 2. The van der Waals surface area contributed by atoms with Crippen molar-refractivity contribution in [3.63, 3.8) is 0 Å². The van der Waals surface area contributed by atoms with Crippen molar-refractivity contribution in [2.24, 2.45) is 0 Å². The van der Waals surface area contributed by atoms with Gasteiger partial charge < -0.3 is 28.5 Å². The number of unbranched alkanes of at least 4 members (excludes halogenated alkanes) is 17. The number of carboxylic acids is 1. The zero-order chi connectivity index (χ0) is 56.2. The van der Waals surface area contributed by atoms with E-state index in [9.17, 15) is 19.5 Å². The summed E-state index contributed by atoms with van der Waals surface area (Å²) in [5, 5.41) is 9.71. The van der Waals surface area contributed by atoms with Gasteiger partial charge in [0, 0.05) is 12.8 Å². The molecular weight excluding hydrogens is 959 g/mol. The molecule has 0 fully saturated rings. The van der Waals surface area contributed by atoms with Gasteiger partial charge in [-0.1, -0.05) is 225 Å². The van der Waals surface area contributed by atoms with Gasteiger partial charge in [0.15, 0.2) is 6.10 Å². The predicted octanol–water partition coefficient (Wildman–Crippen LogP) is 18.2. The SMILES string of the molecule is CC/C=C\C/C=C\C/C=C\C/C=C\C/C=C\C/C=C\C/C=C\C/C=C\C/C=C\C/C=C\CCCCC(=O)OC(COC(=O)CCCCCCCCCCC/C=C\CCCCCCCC)COC(OCC[N+](C)(C)C)C(=O)O. The van der Waals surface area contributed by atoms with E-state index >= 15 is 0 Å². The highest BCUT2D eigenvalue weighted by Gasteiger charge is 2.25. The van der Waals surface area contributed by atoms with Crippen molar-refractivity contribution < 1.29 is 42.9 Å². The zero-order valence-corrected chi connectivity index (χ0v) is 49.6. The van der Waals surface area contributed by atoms with Gasteiger partial charge >= 0.3 is 17.9 Å². The van der Waals surface area contributed by atoms with Crippen LogP contribution in [0.1, 0.15) is 219 Å². The lowest BCUT2D eigenvalue weighted by Gasteiger charge is -2.25. The molecule has 0 bridgehead atoms. The third kappa shape index (κ3) is 58.9. The lowest BCUT2D eigenvalue weighted by atomic mass is 10.1. The molecule has 0 heterocycles. The molecule has 2 unspecified atom stereocenters. The summed E-state index contributed by atoms with van der Waals surface area (Å²) in [7, 11) is 5.94. The first-order valence-electron chi connectivity index (χ1n) is 30.3. The number of hydrogen-bond donors (Lipinski definition) is 1. The van der Waals surface area contributed by atoms with Crippen LogP contribution in [0.5, 0.6) is 0 Å². The highest BCUT2D eigenvalue weighted by atomic mass is 16.7. The molecule has 0 saturated carbocycles. The molecular formula is C68H112NO8+. The molecule has 0 saturated heterocycles. The average molecular weight is 1070 g/mol. The summed E-state index contributed by atoms with van der Waals surface area (Å²) >= 11 is 0. The molecule has 9 nitrogen and oxygen atoms in total. The number of likely N-dealkylation sites (N-methyl/N-ethyl adjacent to an activating group) is 1. The minimum Gasteiger partial charge on any atom is -0.477 e. The lowest BCUT2D eigenvalue weighted by molar-refractivity contribution is -0.870. The van der Waals surface area contributed by atoms with Crippen LogP contribution in [0, 0.1) is 0 Å². The van der Waals surface area contributed by atoms with Gasteiger partial charge in [0.25, 0.3) is 6.29 Å². The van der Waals surface area contributed by atoms with Crippen LogP contribution in [0.15, 0.2) is 134 Å². The van der Waals surface area contributed by atoms with Crippen molar-refractivity contribution in [2.75, 3.05) is 47.5 Å². The molecule has 0 amide bonds. The molecule has 0 spiro atoms. The Bertz CT molecular complexity index is 1720. The molecule has 0 aliphatic carbocycles. The maximum atomic E-state index is 12.9. The summed E-state index contributed by atoms with van der Waals surface area (Å²) < 4.78 is 22.8. The Morgan fingerprint density at radius 1 is 0.403 bits per heavy atom. The molecule has 0 rings (SSSR count). The van der Waals surface area contributed by atoms with E-state index in [0.29, 0.717) is 17.4 Å². The number of esters is 2. The van der Waals surface area contributed by atoms with E-state index < -0.39 is 24.3 Å². The van der Waals surface area contributed by atoms with E-state index in [0.717, 1.165) is 96.3 Å². The number of carboxylic acid groups (broad SMARTS) is 1. The van der Waals surface area contributed by atoms with Gasteiger partial charge in [-0.3, -0.25) is 9.59 Å². The van der Waals surface area contributed by atoms with Crippen LogP contribution in [0.2, 0.25) is 0 Å². The van der Waals surface area contributed by atoms with Crippen LogP contribution in [-0.4, -0.2) is 87.4 Å². The van der Waals surface area contributed by atoms with Crippen molar-refractivity contribution in [1.82, 2.24) is 0 Å².